The van der Waals surface area contributed by atoms with E-state index in [0.717, 1.165) is 0 Å². The Kier molecular flexibility index (Phi) is 11.4. The third-order valence-electron chi connectivity index (χ3n) is 1.01. The molecule has 0 saturated heterocycles. The van der Waals surface area contributed by atoms with E-state index in [1.165, 1.54) is 19.3 Å². The minimum absolute atomic E-state index is 0. The number of rotatable bonds is 0. The Balaban J connectivity index is 0. The second-order valence-corrected chi connectivity index (χ2v) is 1.59. The van der Waals surface area contributed by atoms with Gasteiger partial charge in [0.2, 0.25) is 0 Å². The first-order chi connectivity index (χ1) is 3.00. The summed E-state index contributed by atoms with van der Waals surface area (Å²) >= 11 is 0. The molecule has 0 amide bonds. The van der Waals surface area contributed by atoms with Crippen LogP contribution in [0.4, 0.5) is 0 Å². The van der Waals surface area contributed by atoms with Crippen LogP contribution in [0.1, 0.15) is 19.3 Å². The van der Waals surface area contributed by atoms with Gasteiger partial charge in [-0.3, -0.25) is 0 Å². The van der Waals surface area contributed by atoms with E-state index < -0.39 is 0 Å². The molecule has 0 aromatic heterocycles. The van der Waals surface area contributed by atoms with Gasteiger partial charge in [-0.1, -0.05) is 6.42 Å². The van der Waals surface area contributed by atoms with Crippen molar-refractivity contribution in [1.29, 1.82) is 0 Å². The third kappa shape index (κ3) is 5.00. The van der Waals surface area contributed by atoms with Gasteiger partial charge < -0.3 is 17.0 Å². The fourth-order valence-electron chi connectivity index (χ4n) is 0.642. The number of hydrogen-bond donors (Lipinski definition) is 0. The molecule has 1 rings (SSSR count). The molecule has 2 heteroatoms. The summed E-state index contributed by atoms with van der Waals surface area (Å²) in [4.78, 5) is 0. The predicted octanol–water partition coefficient (Wildman–Crippen LogP) is -1.45. The molecule has 1 aliphatic rings. The van der Waals surface area contributed by atoms with Gasteiger partial charge in [-0.2, -0.15) is 0 Å². The van der Waals surface area contributed by atoms with Crippen molar-refractivity contribution in [2.75, 3.05) is 0 Å². The van der Waals surface area contributed by atoms with Gasteiger partial charge in [0.25, 0.3) is 0 Å². The molecule has 0 heterocycles. The summed E-state index contributed by atoms with van der Waals surface area (Å²) in [7, 11) is 0. The zero-order valence-electron chi connectivity index (χ0n) is 4.94. The molecule has 8 heavy (non-hydrogen) atoms. The SMILES string of the molecule is C1=CCCC[CH-]1.[Br-].[Mg+2]. The topological polar surface area (TPSA) is 0 Å². The Morgan fingerprint density at radius 1 is 1.38 bits per heavy atom. The van der Waals surface area contributed by atoms with Gasteiger partial charge in [-0.25, -0.2) is 18.6 Å². The van der Waals surface area contributed by atoms with E-state index in [4.69, 9.17) is 0 Å². The Hall–Kier alpha value is 0.856. The number of allylic oxidation sites excluding steroid dienone is 2. The second kappa shape index (κ2) is 7.86. The maximum Gasteiger partial charge on any atom is 2.00 e. The summed E-state index contributed by atoms with van der Waals surface area (Å²) < 4.78 is 0. The summed E-state index contributed by atoms with van der Waals surface area (Å²) in [6.45, 7) is 0. The fourth-order valence-corrected chi connectivity index (χ4v) is 0.642. The van der Waals surface area contributed by atoms with E-state index in [0.29, 0.717) is 0 Å². The Bertz CT molecular complexity index is 53.5. The molecule has 1 aliphatic carbocycles. The minimum atomic E-state index is 0. The van der Waals surface area contributed by atoms with Crippen LogP contribution in [0.5, 0.6) is 0 Å². The summed E-state index contributed by atoms with van der Waals surface area (Å²) in [6, 6.07) is 0. The van der Waals surface area contributed by atoms with Crippen molar-refractivity contribution in [2.24, 2.45) is 0 Å². The van der Waals surface area contributed by atoms with Gasteiger partial charge in [0, 0.05) is 0 Å². The van der Waals surface area contributed by atoms with E-state index in [-0.39, 0.29) is 40.0 Å². The van der Waals surface area contributed by atoms with E-state index in [1.54, 1.807) is 0 Å². The summed E-state index contributed by atoms with van der Waals surface area (Å²) in [5.41, 5.74) is 0. The van der Waals surface area contributed by atoms with Crippen LogP contribution in [-0.4, -0.2) is 23.1 Å². The zero-order chi connectivity index (χ0) is 4.24. The van der Waals surface area contributed by atoms with Crippen molar-refractivity contribution >= 4 is 23.1 Å². The van der Waals surface area contributed by atoms with Crippen LogP contribution in [0, 0.1) is 6.42 Å². The molecule has 0 fully saturated rings. The van der Waals surface area contributed by atoms with Gasteiger partial charge in [0.15, 0.2) is 0 Å². The average molecular weight is 185 g/mol. The molecule has 0 nitrogen and oxygen atoms in total. The Labute approximate surface area is 77.7 Å². The third-order valence-corrected chi connectivity index (χ3v) is 1.01. The van der Waals surface area contributed by atoms with Crippen LogP contribution in [0.25, 0.3) is 0 Å². The van der Waals surface area contributed by atoms with Crippen molar-refractivity contribution < 1.29 is 17.0 Å². The maximum absolute atomic E-state index is 2.21. The molecule has 0 aliphatic heterocycles. The average Bonchev–Trinajstić information content (AvgIpc) is 1.72. The summed E-state index contributed by atoms with van der Waals surface area (Å²) in [6.07, 6.45) is 10.5. The second-order valence-electron chi connectivity index (χ2n) is 1.59. The van der Waals surface area contributed by atoms with Gasteiger partial charge in [0.1, 0.15) is 0 Å². The molecule has 0 aromatic rings. The molecular formula is C6H9BrMg. The number of halogens is 1. The van der Waals surface area contributed by atoms with Crippen LogP contribution in [0.3, 0.4) is 0 Å². The van der Waals surface area contributed by atoms with Gasteiger partial charge in [0.05, 0.1) is 0 Å². The largest absolute Gasteiger partial charge is 2.00 e. The van der Waals surface area contributed by atoms with E-state index in [2.05, 4.69) is 18.6 Å². The van der Waals surface area contributed by atoms with Gasteiger partial charge in [-0.05, 0) is 0 Å². The number of hydrogen-bond acceptors (Lipinski definition) is 0. The first kappa shape index (κ1) is 11.6. The van der Waals surface area contributed by atoms with Crippen LogP contribution < -0.4 is 17.0 Å². The van der Waals surface area contributed by atoms with E-state index in [9.17, 15) is 0 Å². The Morgan fingerprint density at radius 3 is 2.25 bits per heavy atom. The van der Waals surface area contributed by atoms with Crippen molar-refractivity contribution in [3.8, 4) is 0 Å². The molecule has 0 radical (unpaired) electrons. The van der Waals surface area contributed by atoms with Gasteiger partial charge in [-0.15, -0.1) is 12.8 Å². The van der Waals surface area contributed by atoms with Crippen molar-refractivity contribution in [3.05, 3.63) is 18.6 Å². The predicted molar refractivity (Wildman–Crippen MR) is 33.0 cm³/mol. The summed E-state index contributed by atoms with van der Waals surface area (Å²) in [5, 5.41) is 0. The standard InChI is InChI=1S/C6H9.BrH.Mg/c1-2-4-6-5-3-1;;/h1-3H,4-6H2;1H;/q-1;;+2/p-1. The van der Waals surface area contributed by atoms with Crippen molar-refractivity contribution in [2.45, 2.75) is 19.3 Å². The quantitative estimate of drug-likeness (QED) is 0.320. The zero-order valence-corrected chi connectivity index (χ0v) is 7.94. The molecule has 0 spiro atoms. The van der Waals surface area contributed by atoms with Crippen LogP contribution >= 0.6 is 0 Å². The first-order valence-electron chi connectivity index (χ1n) is 2.48. The van der Waals surface area contributed by atoms with Gasteiger partial charge >= 0.3 is 23.1 Å². The Morgan fingerprint density at radius 2 is 2.12 bits per heavy atom. The van der Waals surface area contributed by atoms with Crippen molar-refractivity contribution in [3.63, 3.8) is 0 Å². The van der Waals surface area contributed by atoms with Crippen LogP contribution in [0.15, 0.2) is 12.2 Å². The molecule has 0 unspecified atom stereocenters. The van der Waals surface area contributed by atoms with Crippen LogP contribution in [0.2, 0.25) is 0 Å². The molecule has 0 atom stereocenters. The summed E-state index contributed by atoms with van der Waals surface area (Å²) in [5.74, 6) is 0. The van der Waals surface area contributed by atoms with Crippen molar-refractivity contribution in [1.82, 2.24) is 0 Å². The monoisotopic (exact) mass is 184 g/mol. The molecule has 0 aromatic carbocycles. The normalized spacial score (nSPS) is 15.0. The smallest absolute Gasteiger partial charge is 1.00 e. The van der Waals surface area contributed by atoms with E-state index >= 15 is 0 Å². The maximum atomic E-state index is 2.21. The fraction of sp³-hybridized carbons (Fsp3) is 0.500. The molecule has 0 saturated carbocycles. The first-order valence-corrected chi connectivity index (χ1v) is 2.48. The minimum Gasteiger partial charge on any atom is -1.00 e. The molecule has 0 bridgehead atoms. The molecular weight excluding hydrogens is 176 g/mol. The molecule has 42 valence electrons. The molecule has 0 N–H and O–H groups in total. The van der Waals surface area contributed by atoms with Crippen LogP contribution in [-0.2, 0) is 0 Å². The van der Waals surface area contributed by atoms with E-state index in [1.807, 2.05) is 0 Å².